The van der Waals surface area contributed by atoms with Crippen LogP contribution in [0.2, 0.25) is 0 Å². The van der Waals surface area contributed by atoms with E-state index in [1.165, 1.54) is 0 Å². The number of carbonyl (C=O) groups is 2. The number of ether oxygens (including phenoxy) is 1. The van der Waals surface area contributed by atoms with E-state index in [0.29, 0.717) is 19.7 Å². The first-order chi connectivity index (χ1) is 9.22. The monoisotopic (exact) mass is 262 g/mol. The minimum atomic E-state index is -0.258. The molecule has 1 aliphatic heterocycles. The summed E-state index contributed by atoms with van der Waals surface area (Å²) in [6.45, 7) is 1.54. The normalized spacial score (nSPS) is 13.2. The fourth-order valence-corrected chi connectivity index (χ4v) is 2.19. The number of hydrogen-bond acceptors (Lipinski definition) is 3. The Balaban J connectivity index is 1.89. The zero-order valence-electron chi connectivity index (χ0n) is 11.0. The standard InChI is InChI=1S/C14H18N2O3/c1-19-9-7-15-13(17)10-14(18)16-8-6-11-4-2-3-5-12(11)16/h2-5H,6-10H2,1H3,(H,15,17). The van der Waals surface area contributed by atoms with Gasteiger partial charge in [0.2, 0.25) is 11.8 Å². The lowest BCUT2D eigenvalue weighted by Crippen LogP contribution is -2.35. The van der Waals surface area contributed by atoms with Crippen molar-refractivity contribution in [2.75, 3.05) is 31.7 Å². The van der Waals surface area contributed by atoms with Gasteiger partial charge in [-0.25, -0.2) is 0 Å². The summed E-state index contributed by atoms with van der Waals surface area (Å²) in [7, 11) is 1.57. The summed E-state index contributed by atoms with van der Waals surface area (Å²) in [6.07, 6.45) is 0.741. The van der Waals surface area contributed by atoms with E-state index in [2.05, 4.69) is 5.32 Å². The number of carbonyl (C=O) groups excluding carboxylic acids is 2. The van der Waals surface area contributed by atoms with Crippen LogP contribution >= 0.6 is 0 Å². The van der Waals surface area contributed by atoms with Gasteiger partial charge in [-0.1, -0.05) is 18.2 Å². The Labute approximate surface area is 112 Å². The molecule has 0 saturated heterocycles. The van der Waals surface area contributed by atoms with Crippen LogP contribution in [0.25, 0.3) is 0 Å². The second-order valence-corrected chi connectivity index (χ2v) is 4.44. The van der Waals surface area contributed by atoms with E-state index >= 15 is 0 Å². The molecule has 0 aliphatic carbocycles. The smallest absolute Gasteiger partial charge is 0.236 e. The van der Waals surface area contributed by atoms with Crippen molar-refractivity contribution >= 4 is 17.5 Å². The third-order valence-electron chi connectivity index (χ3n) is 3.13. The number of nitrogens with zero attached hydrogens (tertiary/aromatic N) is 1. The Morgan fingerprint density at radius 2 is 2.16 bits per heavy atom. The fraction of sp³-hybridized carbons (Fsp3) is 0.429. The molecule has 2 rings (SSSR count). The lowest BCUT2D eigenvalue weighted by Gasteiger charge is -2.17. The van der Waals surface area contributed by atoms with Crippen molar-refractivity contribution in [3.63, 3.8) is 0 Å². The van der Waals surface area contributed by atoms with Crippen LogP contribution in [0.3, 0.4) is 0 Å². The SMILES string of the molecule is COCCNC(=O)CC(=O)N1CCc2ccccc21. The minimum Gasteiger partial charge on any atom is -0.383 e. The van der Waals surface area contributed by atoms with Crippen molar-refractivity contribution in [2.45, 2.75) is 12.8 Å². The molecule has 0 saturated carbocycles. The molecule has 102 valence electrons. The van der Waals surface area contributed by atoms with Gasteiger partial charge in [-0.05, 0) is 18.1 Å². The number of fused-ring (bicyclic) bond motifs is 1. The van der Waals surface area contributed by atoms with Crippen LogP contribution in [0.15, 0.2) is 24.3 Å². The maximum atomic E-state index is 12.1. The van der Waals surface area contributed by atoms with Crippen molar-refractivity contribution in [1.29, 1.82) is 0 Å². The van der Waals surface area contributed by atoms with Gasteiger partial charge >= 0.3 is 0 Å². The number of amides is 2. The predicted molar refractivity (Wildman–Crippen MR) is 72.0 cm³/mol. The maximum Gasteiger partial charge on any atom is 0.236 e. The quantitative estimate of drug-likeness (QED) is 0.628. The van der Waals surface area contributed by atoms with Crippen LogP contribution in [0, 0.1) is 0 Å². The van der Waals surface area contributed by atoms with Crippen LogP contribution in [-0.4, -0.2) is 38.6 Å². The van der Waals surface area contributed by atoms with Gasteiger partial charge in [0, 0.05) is 25.9 Å². The summed E-state index contributed by atoms with van der Waals surface area (Å²) in [5, 5.41) is 2.65. The van der Waals surface area contributed by atoms with Crippen molar-refractivity contribution in [3.05, 3.63) is 29.8 Å². The molecule has 1 N–H and O–H groups in total. The minimum absolute atomic E-state index is 0.113. The molecule has 1 aliphatic rings. The topological polar surface area (TPSA) is 58.6 Å². The molecule has 5 nitrogen and oxygen atoms in total. The molecule has 0 atom stereocenters. The van der Waals surface area contributed by atoms with Gasteiger partial charge in [0.1, 0.15) is 6.42 Å². The summed E-state index contributed by atoms with van der Waals surface area (Å²) in [6, 6.07) is 7.80. The van der Waals surface area contributed by atoms with Crippen molar-refractivity contribution in [1.82, 2.24) is 5.32 Å². The van der Waals surface area contributed by atoms with Gasteiger partial charge in [0.25, 0.3) is 0 Å². The molecule has 2 amide bonds. The largest absolute Gasteiger partial charge is 0.383 e. The highest BCUT2D eigenvalue weighted by Crippen LogP contribution is 2.27. The molecule has 0 bridgehead atoms. The van der Waals surface area contributed by atoms with Crippen molar-refractivity contribution in [3.8, 4) is 0 Å². The van der Waals surface area contributed by atoms with Crippen LogP contribution < -0.4 is 10.2 Å². The number of rotatable bonds is 5. The number of nitrogens with one attached hydrogen (secondary N) is 1. The number of benzene rings is 1. The van der Waals surface area contributed by atoms with Gasteiger partial charge in [-0.15, -0.1) is 0 Å². The molecular formula is C14H18N2O3. The van der Waals surface area contributed by atoms with Gasteiger partial charge in [-0.3, -0.25) is 9.59 Å². The third kappa shape index (κ3) is 3.32. The van der Waals surface area contributed by atoms with E-state index in [1.54, 1.807) is 12.0 Å². The van der Waals surface area contributed by atoms with Gasteiger partial charge < -0.3 is 15.0 Å². The second kappa shape index (κ2) is 6.33. The van der Waals surface area contributed by atoms with E-state index < -0.39 is 0 Å². The molecule has 0 fully saturated rings. The average Bonchev–Trinajstić information content (AvgIpc) is 2.83. The van der Waals surface area contributed by atoms with E-state index in [9.17, 15) is 9.59 Å². The summed E-state index contributed by atoms with van der Waals surface area (Å²) in [5.41, 5.74) is 2.09. The number of methoxy groups -OCH3 is 1. The average molecular weight is 262 g/mol. The Kier molecular flexibility index (Phi) is 4.52. The van der Waals surface area contributed by atoms with E-state index in [4.69, 9.17) is 4.74 Å². The van der Waals surface area contributed by atoms with Crippen molar-refractivity contribution in [2.24, 2.45) is 0 Å². The molecule has 0 aromatic heterocycles. The van der Waals surface area contributed by atoms with Crippen LogP contribution in [-0.2, 0) is 20.7 Å². The molecule has 1 aromatic carbocycles. The van der Waals surface area contributed by atoms with Crippen molar-refractivity contribution < 1.29 is 14.3 Å². The van der Waals surface area contributed by atoms with Gasteiger partial charge in [-0.2, -0.15) is 0 Å². The molecular weight excluding hydrogens is 244 g/mol. The number of hydrogen-bond donors (Lipinski definition) is 1. The Morgan fingerprint density at radius 1 is 1.37 bits per heavy atom. The highest BCUT2D eigenvalue weighted by atomic mass is 16.5. The first kappa shape index (κ1) is 13.5. The van der Waals surface area contributed by atoms with Gasteiger partial charge in [0.15, 0.2) is 0 Å². The van der Waals surface area contributed by atoms with E-state index in [1.807, 2.05) is 24.3 Å². The maximum absolute atomic E-state index is 12.1. The molecule has 5 heteroatoms. The number of anilines is 1. The molecule has 1 heterocycles. The number of para-hydroxylation sites is 1. The Hall–Kier alpha value is -1.88. The summed E-state index contributed by atoms with van der Waals surface area (Å²) in [5.74, 6) is -0.411. The van der Waals surface area contributed by atoms with E-state index in [-0.39, 0.29) is 18.2 Å². The fourth-order valence-electron chi connectivity index (χ4n) is 2.19. The predicted octanol–water partition coefficient (Wildman–Crippen LogP) is 0.728. The van der Waals surface area contributed by atoms with Crippen LogP contribution in [0.1, 0.15) is 12.0 Å². The summed E-state index contributed by atoms with van der Waals surface area (Å²) in [4.78, 5) is 25.4. The second-order valence-electron chi connectivity index (χ2n) is 4.44. The first-order valence-corrected chi connectivity index (χ1v) is 6.36. The van der Waals surface area contributed by atoms with Crippen LogP contribution in [0.5, 0.6) is 0 Å². The molecule has 0 spiro atoms. The third-order valence-corrected chi connectivity index (χ3v) is 3.13. The summed E-state index contributed by atoms with van der Waals surface area (Å²) >= 11 is 0. The van der Waals surface area contributed by atoms with Crippen LogP contribution in [0.4, 0.5) is 5.69 Å². The lowest BCUT2D eigenvalue weighted by atomic mass is 10.2. The highest BCUT2D eigenvalue weighted by Gasteiger charge is 2.25. The molecule has 19 heavy (non-hydrogen) atoms. The zero-order chi connectivity index (χ0) is 13.7. The molecule has 0 radical (unpaired) electrons. The summed E-state index contributed by atoms with van der Waals surface area (Å²) < 4.78 is 4.83. The molecule has 0 unspecified atom stereocenters. The Bertz CT molecular complexity index is 474. The van der Waals surface area contributed by atoms with E-state index in [0.717, 1.165) is 17.7 Å². The van der Waals surface area contributed by atoms with Gasteiger partial charge in [0.05, 0.1) is 6.61 Å². The first-order valence-electron chi connectivity index (χ1n) is 6.36. The highest BCUT2D eigenvalue weighted by molar-refractivity contribution is 6.05. The lowest BCUT2D eigenvalue weighted by molar-refractivity contribution is -0.128. The zero-order valence-corrected chi connectivity index (χ0v) is 11.0. The Morgan fingerprint density at radius 3 is 2.95 bits per heavy atom. The molecule has 1 aromatic rings.